The quantitative estimate of drug-likeness (QED) is 0.530. The molecule has 0 rings (SSSR count). The second-order valence-electron chi connectivity index (χ2n) is 2.58. The first-order valence-electron chi connectivity index (χ1n) is 3.27. The number of methoxy groups -OCH3 is 1. The second-order valence-corrected chi connectivity index (χ2v) is 2.58. The zero-order chi connectivity index (χ0) is 7.44. The van der Waals surface area contributed by atoms with Crippen LogP contribution in [0.25, 0.3) is 0 Å². The summed E-state index contributed by atoms with van der Waals surface area (Å²) in [6.07, 6.45) is 0.294. The molecule has 0 aliphatic carbocycles. The van der Waals surface area contributed by atoms with Crippen LogP contribution in [0.15, 0.2) is 12.2 Å². The standard InChI is InChI=1S/C8H16O/c1-6(2)7(3)8(4)9-5/h7-8H,1H2,2-5H3. The Hall–Kier alpha value is -0.300. The monoisotopic (exact) mass is 128 g/mol. The van der Waals surface area contributed by atoms with Crippen molar-refractivity contribution in [1.82, 2.24) is 0 Å². The van der Waals surface area contributed by atoms with Crippen LogP contribution in [0.4, 0.5) is 0 Å². The lowest BCUT2D eigenvalue weighted by molar-refractivity contribution is 0.0863. The van der Waals surface area contributed by atoms with E-state index in [-0.39, 0.29) is 0 Å². The molecule has 1 heteroatoms. The van der Waals surface area contributed by atoms with Crippen molar-refractivity contribution in [3.05, 3.63) is 12.2 Å². The SMILES string of the molecule is C=C(C)C(C)C(C)OC. The van der Waals surface area contributed by atoms with Crippen molar-refractivity contribution in [1.29, 1.82) is 0 Å². The average Bonchev–Trinajstić information content (AvgIpc) is 1.84. The highest BCUT2D eigenvalue weighted by Gasteiger charge is 2.10. The predicted octanol–water partition coefficient (Wildman–Crippen LogP) is 2.23. The third kappa shape index (κ3) is 2.66. The van der Waals surface area contributed by atoms with Crippen LogP contribution in [-0.2, 0) is 4.74 Å². The molecule has 0 N–H and O–H groups in total. The lowest BCUT2D eigenvalue weighted by Gasteiger charge is -2.17. The molecule has 0 radical (unpaired) electrons. The fourth-order valence-corrected chi connectivity index (χ4v) is 0.605. The number of ether oxygens (including phenoxy) is 1. The van der Waals surface area contributed by atoms with Crippen LogP contribution in [0.2, 0.25) is 0 Å². The normalized spacial score (nSPS) is 16.9. The van der Waals surface area contributed by atoms with Gasteiger partial charge in [-0.1, -0.05) is 19.1 Å². The van der Waals surface area contributed by atoms with Crippen molar-refractivity contribution < 1.29 is 4.74 Å². The molecular weight excluding hydrogens is 112 g/mol. The number of hydrogen-bond donors (Lipinski definition) is 0. The summed E-state index contributed by atoms with van der Waals surface area (Å²) in [5, 5.41) is 0. The van der Waals surface area contributed by atoms with Crippen molar-refractivity contribution in [2.24, 2.45) is 5.92 Å². The van der Waals surface area contributed by atoms with E-state index in [0.717, 1.165) is 0 Å². The summed E-state index contributed by atoms with van der Waals surface area (Å²) in [4.78, 5) is 0. The molecule has 0 aromatic rings. The fourth-order valence-electron chi connectivity index (χ4n) is 0.605. The smallest absolute Gasteiger partial charge is 0.0605 e. The van der Waals surface area contributed by atoms with E-state index in [1.807, 2.05) is 6.92 Å². The Morgan fingerprint density at radius 2 is 1.89 bits per heavy atom. The Balaban J connectivity index is 3.72. The Morgan fingerprint density at radius 3 is 2.00 bits per heavy atom. The highest BCUT2D eigenvalue weighted by Crippen LogP contribution is 2.13. The summed E-state index contributed by atoms with van der Waals surface area (Å²) in [5.41, 5.74) is 1.18. The third-order valence-electron chi connectivity index (χ3n) is 1.85. The molecule has 0 aromatic carbocycles. The van der Waals surface area contributed by atoms with Gasteiger partial charge in [0.2, 0.25) is 0 Å². The lowest BCUT2D eigenvalue weighted by atomic mass is 9.99. The van der Waals surface area contributed by atoms with Crippen LogP contribution in [0, 0.1) is 5.92 Å². The maximum Gasteiger partial charge on any atom is 0.0605 e. The molecule has 0 saturated heterocycles. The minimum absolute atomic E-state index is 0.294. The highest BCUT2D eigenvalue weighted by atomic mass is 16.5. The topological polar surface area (TPSA) is 9.23 Å². The van der Waals surface area contributed by atoms with Gasteiger partial charge < -0.3 is 4.74 Å². The molecule has 0 spiro atoms. The minimum Gasteiger partial charge on any atom is -0.381 e. The van der Waals surface area contributed by atoms with E-state index in [2.05, 4.69) is 20.4 Å². The molecule has 0 bridgehead atoms. The van der Waals surface area contributed by atoms with E-state index in [4.69, 9.17) is 4.74 Å². The molecule has 0 heterocycles. The van der Waals surface area contributed by atoms with Crippen molar-refractivity contribution in [3.8, 4) is 0 Å². The summed E-state index contributed by atoms with van der Waals surface area (Å²) < 4.78 is 5.11. The van der Waals surface area contributed by atoms with E-state index in [1.54, 1.807) is 7.11 Å². The predicted molar refractivity (Wildman–Crippen MR) is 40.4 cm³/mol. The number of hydrogen-bond acceptors (Lipinski definition) is 1. The van der Waals surface area contributed by atoms with Crippen LogP contribution in [0.1, 0.15) is 20.8 Å². The van der Waals surface area contributed by atoms with Crippen LogP contribution >= 0.6 is 0 Å². The summed E-state index contributed by atoms with van der Waals surface area (Å²) in [6.45, 7) is 10.0. The highest BCUT2D eigenvalue weighted by molar-refractivity contribution is 4.96. The van der Waals surface area contributed by atoms with Crippen molar-refractivity contribution in [3.63, 3.8) is 0 Å². The Bertz CT molecular complexity index is 96.7. The Morgan fingerprint density at radius 1 is 1.44 bits per heavy atom. The molecule has 2 unspecified atom stereocenters. The van der Waals surface area contributed by atoms with Crippen molar-refractivity contribution in [2.75, 3.05) is 7.11 Å². The van der Waals surface area contributed by atoms with E-state index < -0.39 is 0 Å². The first-order chi connectivity index (χ1) is 4.09. The molecule has 0 saturated carbocycles. The minimum atomic E-state index is 0.294. The molecule has 54 valence electrons. The molecule has 9 heavy (non-hydrogen) atoms. The Labute approximate surface area is 57.7 Å². The van der Waals surface area contributed by atoms with Crippen LogP contribution < -0.4 is 0 Å². The van der Waals surface area contributed by atoms with Crippen molar-refractivity contribution >= 4 is 0 Å². The molecule has 0 aromatic heterocycles. The van der Waals surface area contributed by atoms with Gasteiger partial charge in [0.1, 0.15) is 0 Å². The molecule has 0 aliphatic rings. The van der Waals surface area contributed by atoms with Gasteiger partial charge in [0.05, 0.1) is 6.10 Å². The first-order valence-corrected chi connectivity index (χ1v) is 3.27. The van der Waals surface area contributed by atoms with Gasteiger partial charge in [0.15, 0.2) is 0 Å². The molecule has 2 atom stereocenters. The molecular formula is C8H16O. The largest absolute Gasteiger partial charge is 0.381 e. The van der Waals surface area contributed by atoms with E-state index >= 15 is 0 Å². The van der Waals surface area contributed by atoms with Gasteiger partial charge in [0, 0.05) is 13.0 Å². The van der Waals surface area contributed by atoms with Gasteiger partial charge in [-0.25, -0.2) is 0 Å². The van der Waals surface area contributed by atoms with Gasteiger partial charge in [-0.3, -0.25) is 0 Å². The second kappa shape index (κ2) is 3.67. The maximum atomic E-state index is 5.11. The first kappa shape index (κ1) is 8.70. The zero-order valence-corrected chi connectivity index (χ0v) is 6.77. The average molecular weight is 128 g/mol. The van der Waals surface area contributed by atoms with Gasteiger partial charge in [-0.15, -0.1) is 0 Å². The molecule has 0 aliphatic heterocycles. The van der Waals surface area contributed by atoms with E-state index in [9.17, 15) is 0 Å². The van der Waals surface area contributed by atoms with E-state index in [1.165, 1.54) is 5.57 Å². The van der Waals surface area contributed by atoms with Crippen LogP contribution in [-0.4, -0.2) is 13.2 Å². The van der Waals surface area contributed by atoms with Crippen LogP contribution in [0.3, 0.4) is 0 Å². The van der Waals surface area contributed by atoms with Gasteiger partial charge in [-0.2, -0.15) is 0 Å². The molecule has 1 nitrogen and oxygen atoms in total. The van der Waals surface area contributed by atoms with Gasteiger partial charge in [0.25, 0.3) is 0 Å². The van der Waals surface area contributed by atoms with Crippen LogP contribution in [0.5, 0.6) is 0 Å². The summed E-state index contributed by atoms with van der Waals surface area (Å²) >= 11 is 0. The van der Waals surface area contributed by atoms with Gasteiger partial charge in [-0.05, 0) is 13.8 Å². The Kier molecular flexibility index (Phi) is 3.55. The fraction of sp³-hybridized carbons (Fsp3) is 0.750. The van der Waals surface area contributed by atoms with Crippen molar-refractivity contribution in [2.45, 2.75) is 26.9 Å². The number of rotatable bonds is 3. The van der Waals surface area contributed by atoms with Gasteiger partial charge >= 0.3 is 0 Å². The van der Waals surface area contributed by atoms with E-state index in [0.29, 0.717) is 12.0 Å². The third-order valence-corrected chi connectivity index (χ3v) is 1.85. The summed E-state index contributed by atoms with van der Waals surface area (Å²) in [7, 11) is 1.73. The summed E-state index contributed by atoms with van der Waals surface area (Å²) in [6, 6.07) is 0. The maximum absolute atomic E-state index is 5.11. The lowest BCUT2D eigenvalue weighted by Crippen LogP contribution is -2.16. The molecule has 0 amide bonds. The zero-order valence-electron chi connectivity index (χ0n) is 6.77. The summed E-state index contributed by atoms with van der Waals surface area (Å²) in [5.74, 6) is 0.468. The molecule has 0 fully saturated rings.